The molecular formula is C11H11Zr. The van der Waals surface area contributed by atoms with Gasteiger partial charge in [-0.05, 0) is 17.5 Å². The van der Waals surface area contributed by atoms with Crippen LogP contribution in [-0.4, -0.2) is 0 Å². The molecule has 59 valence electrons. The molecule has 0 spiro atoms. The van der Waals surface area contributed by atoms with Crippen LogP contribution in [-0.2, 0) is 26.2 Å². The number of hydrogen-bond donors (Lipinski definition) is 0. The van der Waals surface area contributed by atoms with Gasteiger partial charge < -0.3 is 0 Å². The summed E-state index contributed by atoms with van der Waals surface area (Å²) >= 11 is 0. The van der Waals surface area contributed by atoms with Crippen LogP contribution in [0.2, 0.25) is 0 Å². The largest absolute Gasteiger partial charge is 0.0764 e. The van der Waals surface area contributed by atoms with Crippen LogP contribution in [0.3, 0.4) is 0 Å². The Bertz CT molecular complexity index is 289. The van der Waals surface area contributed by atoms with E-state index in [1.165, 1.54) is 11.1 Å². The van der Waals surface area contributed by atoms with Gasteiger partial charge in [0.15, 0.2) is 0 Å². The second-order valence-electron chi connectivity index (χ2n) is 2.88. The van der Waals surface area contributed by atoms with Crippen LogP contribution in [0.15, 0.2) is 30.3 Å². The van der Waals surface area contributed by atoms with Gasteiger partial charge in [0.2, 0.25) is 0 Å². The van der Waals surface area contributed by atoms with E-state index in [1.54, 1.807) is 0 Å². The monoisotopic (exact) mass is 233 g/mol. The summed E-state index contributed by atoms with van der Waals surface area (Å²) in [6.07, 6.45) is 5.39. The standard InChI is InChI=1S/C11H11.Zr/c1-2-9-7-8-10-5-3-4-6-11(9)10;/h3-9H,1-2H2;. The zero-order valence-electron chi connectivity index (χ0n) is 6.96. The Morgan fingerprint density at radius 3 is 2.75 bits per heavy atom. The molecule has 0 saturated heterocycles. The van der Waals surface area contributed by atoms with E-state index in [4.69, 9.17) is 0 Å². The van der Waals surface area contributed by atoms with Crippen molar-refractivity contribution in [1.82, 2.24) is 0 Å². The van der Waals surface area contributed by atoms with Crippen LogP contribution >= 0.6 is 0 Å². The van der Waals surface area contributed by atoms with Crippen LogP contribution in [0.1, 0.15) is 23.5 Å². The van der Waals surface area contributed by atoms with Gasteiger partial charge in [-0.25, -0.2) is 0 Å². The smallest absolute Gasteiger partial charge is 0.00272 e. The molecule has 0 fully saturated rings. The molecule has 0 saturated carbocycles. The molecule has 1 radical (unpaired) electrons. The summed E-state index contributed by atoms with van der Waals surface area (Å²) in [7, 11) is 0. The van der Waals surface area contributed by atoms with Gasteiger partial charge in [0, 0.05) is 32.1 Å². The van der Waals surface area contributed by atoms with Gasteiger partial charge in [-0.2, -0.15) is 0 Å². The van der Waals surface area contributed by atoms with Gasteiger partial charge in [-0.15, -0.1) is 0 Å². The van der Waals surface area contributed by atoms with E-state index in [2.05, 4.69) is 43.3 Å². The third-order valence-electron chi connectivity index (χ3n) is 2.21. The van der Waals surface area contributed by atoms with Gasteiger partial charge in [0.05, 0.1) is 0 Å². The Morgan fingerprint density at radius 1 is 1.25 bits per heavy atom. The molecule has 1 aliphatic rings. The Balaban J connectivity index is 0.000000720. The molecule has 0 nitrogen and oxygen atoms in total. The molecule has 0 N–H and O–H groups in total. The minimum Gasteiger partial charge on any atom is -0.0764 e. The average Bonchev–Trinajstić information content (AvgIpc) is 2.47. The molecular weight excluding hydrogens is 223 g/mol. The molecule has 1 aliphatic carbocycles. The number of rotatable bonds is 1. The van der Waals surface area contributed by atoms with Gasteiger partial charge >= 0.3 is 0 Å². The molecule has 1 heteroatoms. The Kier molecular flexibility index (Phi) is 3.46. The first-order valence-corrected chi connectivity index (χ1v) is 3.98. The van der Waals surface area contributed by atoms with Crippen molar-refractivity contribution in [2.45, 2.75) is 12.3 Å². The average molecular weight is 234 g/mol. The first-order valence-electron chi connectivity index (χ1n) is 3.98. The minimum absolute atomic E-state index is 0. The zero-order valence-corrected chi connectivity index (χ0v) is 9.41. The van der Waals surface area contributed by atoms with Crippen LogP contribution in [0.5, 0.6) is 0 Å². The summed E-state index contributed by atoms with van der Waals surface area (Å²) in [4.78, 5) is 0. The first kappa shape index (κ1) is 9.93. The first-order chi connectivity index (χ1) is 5.42. The summed E-state index contributed by atoms with van der Waals surface area (Å²) in [5.74, 6) is 0.561. The summed E-state index contributed by atoms with van der Waals surface area (Å²) in [5, 5.41) is 0. The van der Waals surface area contributed by atoms with Crippen molar-refractivity contribution in [1.29, 1.82) is 0 Å². The van der Waals surface area contributed by atoms with Crippen LogP contribution in [0.25, 0.3) is 6.08 Å². The van der Waals surface area contributed by atoms with E-state index in [-0.39, 0.29) is 26.2 Å². The summed E-state index contributed by atoms with van der Waals surface area (Å²) in [5.41, 5.74) is 2.80. The molecule has 1 unspecified atom stereocenters. The maximum absolute atomic E-state index is 3.92. The predicted octanol–water partition coefficient (Wildman–Crippen LogP) is 3.02. The predicted molar refractivity (Wildman–Crippen MR) is 48.2 cm³/mol. The third kappa shape index (κ3) is 1.61. The Hall–Kier alpha value is -0.157. The minimum atomic E-state index is 0. The molecule has 0 aliphatic heterocycles. The van der Waals surface area contributed by atoms with E-state index in [1.807, 2.05) is 0 Å². The van der Waals surface area contributed by atoms with Crippen LogP contribution < -0.4 is 0 Å². The van der Waals surface area contributed by atoms with Crippen molar-refractivity contribution >= 4 is 6.08 Å². The Morgan fingerprint density at radius 2 is 2.00 bits per heavy atom. The normalized spacial score (nSPS) is 18.6. The van der Waals surface area contributed by atoms with E-state index in [0.29, 0.717) is 5.92 Å². The molecule has 12 heavy (non-hydrogen) atoms. The Labute approximate surface area is 92.8 Å². The molecule has 0 bridgehead atoms. The van der Waals surface area contributed by atoms with Gasteiger partial charge in [-0.1, -0.05) is 43.3 Å². The maximum Gasteiger partial charge on any atom is 0.00272 e. The van der Waals surface area contributed by atoms with E-state index < -0.39 is 0 Å². The fourth-order valence-electron chi connectivity index (χ4n) is 1.58. The summed E-state index contributed by atoms with van der Waals surface area (Å²) in [6, 6.07) is 8.51. The molecule has 2 rings (SSSR count). The van der Waals surface area contributed by atoms with Crippen molar-refractivity contribution in [3.63, 3.8) is 0 Å². The second kappa shape index (κ2) is 4.19. The second-order valence-corrected chi connectivity index (χ2v) is 2.88. The number of fused-ring (bicyclic) bond motifs is 1. The zero-order chi connectivity index (χ0) is 7.68. The van der Waals surface area contributed by atoms with Crippen LogP contribution in [0.4, 0.5) is 0 Å². The van der Waals surface area contributed by atoms with Gasteiger partial charge in [0.25, 0.3) is 0 Å². The number of allylic oxidation sites excluding steroid dienone is 1. The van der Waals surface area contributed by atoms with Gasteiger partial charge in [0.1, 0.15) is 0 Å². The van der Waals surface area contributed by atoms with E-state index in [9.17, 15) is 0 Å². The topological polar surface area (TPSA) is 0 Å². The van der Waals surface area contributed by atoms with Crippen molar-refractivity contribution in [3.05, 3.63) is 48.4 Å². The fourth-order valence-corrected chi connectivity index (χ4v) is 1.58. The molecule has 1 aromatic carbocycles. The van der Waals surface area contributed by atoms with Gasteiger partial charge in [-0.3, -0.25) is 0 Å². The SMILES string of the molecule is [CH2]CC1C=Cc2ccccc21.[Zr]. The van der Waals surface area contributed by atoms with Crippen molar-refractivity contribution in [2.75, 3.05) is 0 Å². The molecule has 1 aromatic rings. The molecule has 0 heterocycles. The quantitative estimate of drug-likeness (QED) is 0.701. The summed E-state index contributed by atoms with van der Waals surface area (Å²) in [6.45, 7) is 3.92. The molecule has 0 amide bonds. The number of hydrogen-bond acceptors (Lipinski definition) is 0. The third-order valence-corrected chi connectivity index (χ3v) is 2.21. The maximum atomic E-state index is 3.92. The van der Waals surface area contributed by atoms with Crippen molar-refractivity contribution < 1.29 is 26.2 Å². The van der Waals surface area contributed by atoms with E-state index in [0.717, 1.165) is 6.42 Å². The van der Waals surface area contributed by atoms with Crippen LogP contribution in [0, 0.1) is 6.92 Å². The van der Waals surface area contributed by atoms with Crippen molar-refractivity contribution in [3.8, 4) is 0 Å². The molecule has 1 atom stereocenters. The fraction of sp³-hybridized carbons (Fsp3) is 0.182. The molecule has 0 aromatic heterocycles. The summed E-state index contributed by atoms with van der Waals surface area (Å²) < 4.78 is 0. The van der Waals surface area contributed by atoms with E-state index >= 15 is 0 Å². The van der Waals surface area contributed by atoms with Crippen molar-refractivity contribution in [2.24, 2.45) is 0 Å². The number of benzene rings is 1.